The molecule has 2 aromatic heterocycles. The van der Waals surface area contributed by atoms with Crippen LogP contribution in [-0.4, -0.2) is 14.5 Å². The molecule has 10 aromatic rings. The van der Waals surface area contributed by atoms with Gasteiger partial charge in [0.1, 0.15) is 0 Å². The van der Waals surface area contributed by atoms with Gasteiger partial charge in [-0.3, -0.25) is 0 Å². The molecule has 0 radical (unpaired) electrons. The fraction of sp³-hybridized carbons (Fsp3) is 0. The van der Waals surface area contributed by atoms with Gasteiger partial charge in [-0.2, -0.15) is 15.8 Å². The minimum Gasteiger partial charge on any atom is -0.308 e. The second-order valence-corrected chi connectivity index (χ2v) is 14.8. The summed E-state index contributed by atoms with van der Waals surface area (Å²) >= 11 is 0. The summed E-state index contributed by atoms with van der Waals surface area (Å²) in [7, 11) is 0. The Morgan fingerprint density at radius 2 is 0.869 bits per heavy atom. The maximum absolute atomic E-state index is 10.2. The van der Waals surface area contributed by atoms with E-state index in [1.54, 1.807) is 0 Å². The largest absolute Gasteiger partial charge is 0.308 e. The van der Waals surface area contributed by atoms with Gasteiger partial charge in [0.15, 0.2) is 5.82 Å². The molecule has 10 rings (SSSR count). The Kier molecular flexibility index (Phi) is 9.24. The average Bonchev–Trinajstić information content (AvgIpc) is 3.67. The lowest BCUT2D eigenvalue weighted by Gasteiger charge is -2.21. The summed E-state index contributed by atoms with van der Waals surface area (Å²) in [6.07, 6.45) is 0. The van der Waals surface area contributed by atoms with Crippen LogP contribution in [0.2, 0.25) is 0 Å². The van der Waals surface area contributed by atoms with Crippen LogP contribution >= 0.6 is 0 Å². The van der Waals surface area contributed by atoms with E-state index in [2.05, 4.69) is 89.5 Å². The van der Waals surface area contributed by atoms with Crippen LogP contribution in [-0.2, 0) is 0 Å². The predicted octanol–water partition coefficient (Wildman–Crippen LogP) is 13.2. The molecule has 0 aliphatic rings. The lowest BCUT2D eigenvalue weighted by Crippen LogP contribution is -2.03. The third kappa shape index (κ3) is 6.75. The van der Waals surface area contributed by atoms with Crippen LogP contribution in [0.5, 0.6) is 0 Å². The monoisotopic (exact) mass is 776 g/mol. The quantitative estimate of drug-likeness (QED) is 0.160. The number of benzene rings is 8. The number of hydrogen-bond acceptors (Lipinski definition) is 5. The Labute approximate surface area is 352 Å². The molecule has 0 unspecified atom stereocenters. The Bertz CT molecular complexity index is 3300. The van der Waals surface area contributed by atoms with E-state index in [1.165, 1.54) is 0 Å². The van der Waals surface area contributed by atoms with E-state index in [1.807, 2.05) is 127 Å². The normalized spacial score (nSPS) is 10.9. The third-order valence-corrected chi connectivity index (χ3v) is 11.1. The highest BCUT2D eigenvalue weighted by Gasteiger charge is 2.23. The average molecular weight is 777 g/mol. The standard InChI is InChI=1S/C55H32N6/c56-33-36-21-23-39(24-22-36)42-25-26-53-49(29-42)46-19-7-8-20-52(46)61(53)54-47(43-17-9-11-37(27-43)34-57)30-45(31-48(54)44-18-10-12-38(28-44)35-58)51-32-50(40-13-3-1-4-14-40)59-55(60-51)41-15-5-2-6-16-41/h1-32H. The summed E-state index contributed by atoms with van der Waals surface area (Å²) in [6.45, 7) is 0. The first kappa shape index (κ1) is 36.5. The summed E-state index contributed by atoms with van der Waals surface area (Å²) in [5, 5.41) is 31.9. The minimum atomic E-state index is 0.538. The fourth-order valence-corrected chi connectivity index (χ4v) is 8.17. The van der Waals surface area contributed by atoms with Crippen molar-refractivity contribution in [3.63, 3.8) is 0 Å². The first-order valence-electron chi connectivity index (χ1n) is 19.8. The molecule has 0 aliphatic heterocycles. The molecule has 6 heteroatoms. The van der Waals surface area contributed by atoms with Crippen LogP contribution < -0.4 is 0 Å². The SMILES string of the molecule is N#Cc1ccc(-c2ccc3c(c2)c2ccccc2n3-c2c(-c3cccc(C#N)c3)cc(-c3cc(-c4ccccc4)nc(-c4ccccc4)n3)cc2-c2cccc(C#N)c2)cc1. The fourth-order valence-electron chi connectivity index (χ4n) is 8.17. The van der Waals surface area contributed by atoms with Gasteiger partial charge in [0, 0.05) is 38.6 Å². The molecule has 6 nitrogen and oxygen atoms in total. The lowest BCUT2D eigenvalue weighted by molar-refractivity contribution is 1.17. The Morgan fingerprint density at radius 3 is 1.49 bits per heavy atom. The summed E-state index contributed by atoms with van der Waals surface area (Å²) in [6, 6.07) is 71.4. The van der Waals surface area contributed by atoms with Gasteiger partial charge in [0.05, 0.1) is 63.0 Å². The Hall–Kier alpha value is -8.89. The van der Waals surface area contributed by atoms with Gasteiger partial charge in [-0.05, 0) is 95.1 Å². The molecule has 2 heterocycles. The van der Waals surface area contributed by atoms with Gasteiger partial charge in [-0.1, -0.05) is 121 Å². The van der Waals surface area contributed by atoms with Crippen LogP contribution in [0.25, 0.3) is 94.8 Å². The maximum atomic E-state index is 10.2. The number of hydrogen-bond donors (Lipinski definition) is 0. The molecule has 0 amide bonds. The summed E-state index contributed by atoms with van der Waals surface area (Å²) in [5.41, 5.74) is 14.3. The highest BCUT2D eigenvalue weighted by atomic mass is 15.0. The summed E-state index contributed by atoms with van der Waals surface area (Å²) < 4.78 is 2.31. The van der Waals surface area contributed by atoms with Crippen molar-refractivity contribution in [1.29, 1.82) is 15.8 Å². The molecule has 8 aromatic carbocycles. The van der Waals surface area contributed by atoms with Crippen molar-refractivity contribution >= 4 is 21.8 Å². The molecule has 0 spiro atoms. The maximum Gasteiger partial charge on any atom is 0.160 e. The van der Waals surface area contributed by atoms with Gasteiger partial charge >= 0.3 is 0 Å². The molecular formula is C55H32N6. The van der Waals surface area contributed by atoms with Crippen molar-refractivity contribution < 1.29 is 0 Å². The molecule has 0 aliphatic carbocycles. The van der Waals surface area contributed by atoms with Gasteiger partial charge in [0.2, 0.25) is 0 Å². The molecular weight excluding hydrogens is 745 g/mol. The second-order valence-electron chi connectivity index (χ2n) is 14.8. The molecule has 282 valence electrons. The number of para-hydroxylation sites is 1. The number of nitrogens with zero attached hydrogens (tertiary/aromatic N) is 6. The zero-order valence-corrected chi connectivity index (χ0v) is 32.7. The van der Waals surface area contributed by atoms with E-state index >= 15 is 0 Å². The highest BCUT2D eigenvalue weighted by Crippen LogP contribution is 2.45. The molecule has 0 N–H and O–H groups in total. The van der Waals surface area contributed by atoms with E-state index < -0.39 is 0 Å². The zero-order chi connectivity index (χ0) is 41.3. The third-order valence-electron chi connectivity index (χ3n) is 11.1. The molecule has 0 atom stereocenters. The van der Waals surface area contributed by atoms with E-state index in [9.17, 15) is 15.8 Å². The number of aromatic nitrogens is 3. The molecule has 61 heavy (non-hydrogen) atoms. The van der Waals surface area contributed by atoms with E-state index in [-0.39, 0.29) is 0 Å². The van der Waals surface area contributed by atoms with E-state index in [0.29, 0.717) is 22.5 Å². The predicted molar refractivity (Wildman–Crippen MR) is 243 cm³/mol. The molecule has 0 fully saturated rings. The van der Waals surface area contributed by atoms with Crippen molar-refractivity contribution in [3.8, 4) is 91.2 Å². The minimum absolute atomic E-state index is 0.538. The van der Waals surface area contributed by atoms with Crippen molar-refractivity contribution in [1.82, 2.24) is 14.5 Å². The van der Waals surface area contributed by atoms with Crippen molar-refractivity contribution in [2.75, 3.05) is 0 Å². The van der Waals surface area contributed by atoms with Gasteiger partial charge in [-0.15, -0.1) is 0 Å². The van der Waals surface area contributed by atoms with Gasteiger partial charge in [-0.25, -0.2) is 9.97 Å². The topological polar surface area (TPSA) is 102 Å². The lowest BCUT2D eigenvalue weighted by atomic mass is 9.90. The second kappa shape index (κ2) is 15.5. The van der Waals surface area contributed by atoms with Crippen LogP contribution in [0.4, 0.5) is 0 Å². The van der Waals surface area contributed by atoms with E-state index in [0.717, 1.165) is 89.0 Å². The first-order valence-corrected chi connectivity index (χ1v) is 19.8. The van der Waals surface area contributed by atoms with Crippen molar-refractivity contribution in [2.45, 2.75) is 0 Å². The Morgan fingerprint density at radius 1 is 0.344 bits per heavy atom. The number of fused-ring (bicyclic) bond motifs is 3. The molecule has 0 saturated carbocycles. The van der Waals surface area contributed by atoms with Crippen molar-refractivity contribution in [3.05, 3.63) is 211 Å². The summed E-state index contributed by atoms with van der Waals surface area (Å²) in [4.78, 5) is 10.3. The van der Waals surface area contributed by atoms with Crippen molar-refractivity contribution in [2.24, 2.45) is 0 Å². The summed E-state index contributed by atoms with van der Waals surface area (Å²) in [5.74, 6) is 0.600. The van der Waals surface area contributed by atoms with Crippen LogP contribution in [0.3, 0.4) is 0 Å². The number of rotatable bonds is 7. The molecule has 0 saturated heterocycles. The van der Waals surface area contributed by atoms with Crippen LogP contribution in [0.15, 0.2) is 194 Å². The van der Waals surface area contributed by atoms with Gasteiger partial charge < -0.3 is 4.57 Å². The first-order chi connectivity index (χ1) is 30.1. The molecule has 0 bridgehead atoms. The smallest absolute Gasteiger partial charge is 0.160 e. The zero-order valence-electron chi connectivity index (χ0n) is 32.7. The van der Waals surface area contributed by atoms with Crippen LogP contribution in [0, 0.1) is 34.0 Å². The van der Waals surface area contributed by atoms with Gasteiger partial charge in [0.25, 0.3) is 0 Å². The van der Waals surface area contributed by atoms with Crippen LogP contribution in [0.1, 0.15) is 16.7 Å². The Balaban J connectivity index is 1.32. The highest BCUT2D eigenvalue weighted by molar-refractivity contribution is 6.12. The van der Waals surface area contributed by atoms with E-state index in [4.69, 9.17) is 9.97 Å². The number of nitriles is 3.